The van der Waals surface area contributed by atoms with E-state index in [0.717, 1.165) is 45.3 Å². The Morgan fingerprint density at radius 1 is 1.11 bits per heavy atom. The molecule has 7 heteroatoms. The third-order valence-electron chi connectivity index (χ3n) is 5.50. The summed E-state index contributed by atoms with van der Waals surface area (Å²) < 4.78 is 5.85. The molecule has 2 rings (SSSR count). The van der Waals surface area contributed by atoms with Crippen LogP contribution in [0.5, 0.6) is 0 Å². The van der Waals surface area contributed by atoms with Crippen molar-refractivity contribution in [3.05, 3.63) is 0 Å². The number of morpholine rings is 1. The first-order chi connectivity index (χ1) is 12.6. The molecule has 2 atom stereocenters. The van der Waals surface area contributed by atoms with Crippen molar-refractivity contribution in [1.29, 1.82) is 0 Å². The molecule has 160 valence electrons. The fraction of sp³-hybridized carbons (Fsp3) is 0.950. The smallest absolute Gasteiger partial charge is 0.191 e. The van der Waals surface area contributed by atoms with E-state index in [0.29, 0.717) is 12.0 Å². The standard InChI is InChI=1S/C20H41N5O.HI/c1-5-21-20(22-14-18-16-24(4)12-13-26-18)23-15-19(17(2)3)25-10-8-6-7-9-11-25;/h17-19H,5-16H2,1-4H3,(H2,21,22,23);1H. The van der Waals surface area contributed by atoms with Gasteiger partial charge in [-0.05, 0) is 45.8 Å². The highest BCUT2D eigenvalue weighted by Crippen LogP contribution is 2.17. The topological polar surface area (TPSA) is 52.1 Å². The number of likely N-dealkylation sites (tertiary alicyclic amines) is 1. The maximum Gasteiger partial charge on any atom is 0.191 e. The molecular weight excluding hydrogens is 453 g/mol. The van der Waals surface area contributed by atoms with Crippen LogP contribution >= 0.6 is 24.0 Å². The zero-order valence-electron chi connectivity index (χ0n) is 17.9. The summed E-state index contributed by atoms with van der Waals surface area (Å²) in [7, 11) is 2.16. The van der Waals surface area contributed by atoms with Crippen LogP contribution in [-0.4, -0.2) is 87.4 Å². The highest BCUT2D eigenvalue weighted by atomic mass is 127. The van der Waals surface area contributed by atoms with Gasteiger partial charge in [0.15, 0.2) is 5.96 Å². The molecule has 0 aromatic carbocycles. The second kappa shape index (κ2) is 14.0. The number of hydrogen-bond acceptors (Lipinski definition) is 4. The molecule has 0 aliphatic carbocycles. The lowest BCUT2D eigenvalue weighted by atomic mass is 10.0. The average molecular weight is 495 g/mol. The molecular formula is C20H42IN5O. The van der Waals surface area contributed by atoms with Gasteiger partial charge in [0.25, 0.3) is 0 Å². The Morgan fingerprint density at radius 2 is 1.81 bits per heavy atom. The number of hydrogen-bond donors (Lipinski definition) is 2. The van der Waals surface area contributed by atoms with Crippen molar-refractivity contribution < 1.29 is 4.74 Å². The SMILES string of the molecule is CCNC(=NCC(C(C)C)N1CCCCCC1)NCC1CN(C)CCO1.I. The lowest BCUT2D eigenvalue weighted by Gasteiger charge is -2.33. The molecule has 2 heterocycles. The van der Waals surface area contributed by atoms with Crippen LogP contribution in [0.15, 0.2) is 4.99 Å². The van der Waals surface area contributed by atoms with Crippen molar-refractivity contribution in [3.63, 3.8) is 0 Å². The first-order valence-electron chi connectivity index (χ1n) is 10.7. The molecule has 2 N–H and O–H groups in total. The molecule has 0 saturated carbocycles. The van der Waals surface area contributed by atoms with Crippen LogP contribution in [0.4, 0.5) is 0 Å². The van der Waals surface area contributed by atoms with Crippen LogP contribution in [0.2, 0.25) is 0 Å². The van der Waals surface area contributed by atoms with Crippen molar-refractivity contribution in [2.75, 3.05) is 59.5 Å². The van der Waals surface area contributed by atoms with E-state index in [1.165, 1.54) is 38.8 Å². The third kappa shape index (κ3) is 9.28. The van der Waals surface area contributed by atoms with Crippen LogP contribution < -0.4 is 10.6 Å². The van der Waals surface area contributed by atoms with Gasteiger partial charge < -0.3 is 20.3 Å². The van der Waals surface area contributed by atoms with E-state index in [1.807, 2.05) is 0 Å². The normalized spacial score (nSPS) is 24.2. The number of likely N-dealkylation sites (N-methyl/N-ethyl adjacent to an activating group) is 1. The predicted molar refractivity (Wildman–Crippen MR) is 125 cm³/mol. The molecule has 2 fully saturated rings. The Morgan fingerprint density at radius 3 is 2.41 bits per heavy atom. The maximum atomic E-state index is 5.85. The average Bonchev–Trinajstić information content (AvgIpc) is 2.89. The van der Waals surface area contributed by atoms with Gasteiger partial charge in [0.2, 0.25) is 0 Å². The Bertz CT molecular complexity index is 413. The summed E-state index contributed by atoms with van der Waals surface area (Å²) in [5.41, 5.74) is 0. The zero-order chi connectivity index (χ0) is 18.8. The largest absolute Gasteiger partial charge is 0.374 e. The van der Waals surface area contributed by atoms with Crippen LogP contribution in [0.1, 0.15) is 46.5 Å². The maximum absolute atomic E-state index is 5.85. The summed E-state index contributed by atoms with van der Waals surface area (Å²) in [4.78, 5) is 9.93. The van der Waals surface area contributed by atoms with Crippen LogP contribution in [0, 0.1) is 5.92 Å². The molecule has 0 aromatic heterocycles. The highest BCUT2D eigenvalue weighted by Gasteiger charge is 2.23. The number of ether oxygens (including phenoxy) is 1. The first-order valence-corrected chi connectivity index (χ1v) is 10.7. The van der Waals surface area contributed by atoms with Crippen LogP contribution in [0.25, 0.3) is 0 Å². The van der Waals surface area contributed by atoms with Gasteiger partial charge in [-0.15, -0.1) is 24.0 Å². The van der Waals surface area contributed by atoms with Gasteiger partial charge in [-0.1, -0.05) is 26.7 Å². The Kier molecular flexibility index (Phi) is 12.9. The molecule has 6 nitrogen and oxygen atoms in total. The second-order valence-corrected chi connectivity index (χ2v) is 8.12. The summed E-state index contributed by atoms with van der Waals surface area (Å²) in [5.74, 6) is 1.54. The fourth-order valence-electron chi connectivity index (χ4n) is 3.90. The Balaban J connectivity index is 0.00000364. The summed E-state index contributed by atoms with van der Waals surface area (Å²) >= 11 is 0. The summed E-state index contributed by atoms with van der Waals surface area (Å²) in [5, 5.41) is 6.88. The zero-order valence-corrected chi connectivity index (χ0v) is 20.2. The molecule has 0 amide bonds. The number of halogens is 1. The van der Waals surface area contributed by atoms with Crippen molar-refractivity contribution in [3.8, 4) is 0 Å². The summed E-state index contributed by atoms with van der Waals surface area (Å²) in [6.45, 7) is 14.6. The summed E-state index contributed by atoms with van der Waals surface area (Å²) in [6.07, 6.45) is 5.66. The Hall–Kier alpha value is -0.120. The van der Waals surface area contributed by atoms with E-state index in [2.05, 4.69) is 48.3 Å². The van der Waals surface area contributed by atoms with Gasteiger partial charge in [-0.25, -0.2) is 0 Å². The number of guanidine groups is 1. The highest BCUT2D eigenvalue weighted by molar-refractivity contribution is 14.0. The molecule has 2 aliphatic rings. The van der Waals surface area contributed by atoms with Crippen molar-refractivity contribution in [1.82, 2.24) is 20.4 Å². The van der Waals surface area contributed by atoms with Crippen molar-refractivity contribution in [2.24, 2.45) is 10.9 Å². The Labute approximate surface area is 183 Å². The number of rotatable bonds is 7. The minimum absolute atomic E-state index is 0. The van der Waals surface area contributed by atoms with Gasteiger partial charge in [-0.2, -0.15) is 0 Å². The molecule has 0 aromatic rings. The van der Waals surface area contributed by atoms with E-state index in [-0.39, 0.29) is 30.1 Å². The third-order valence-corrected chi connectivity index (χ3v) is 5.50. The lowest BCUT2D eigenvalue weighted by Crippen LogP contribution is -2.49. The predicted octanol–water partition coefficient (Wildman–Crippen LogP) is 2.39. The van der Waals surface area contributed by atoms with E-state index in [1.54, 1.807) is 0 Å². The van der Waals surface area contributed by atoms with Gasteiger partial charge in [0, 0.05) is 32.2 Å². The van der Waals surface area contributed by atoms with E-state index in [4.69, 9.17) is 9.73 Å². The monoisotopic (exact) mass is 495 g/mol. The number of aliphatic imine (C=N–C) groups is 1. The number of nitrogens with one attached hydrogen (secondary N) is 2. The van der Waals surface area contributed by atoms with Gasteiger partial charge in [0.1, 0.15) is 0 Å². The van der Waals surface area contributed by atoms with Gasteiger partial charge in [-0.3, -0.25) is 9.89 Å². The fourth-order valence-corrected chi connectivity index (χ4v) is 3.90. The van der Waals surface area contributed by atoms with Crippen LogP contribution in [0.3, 0.4) is 0 Å². The number of nitrogens with zero attached hydrogens (tertiary/aromatic N) is 3. The van der Waals surface area contributed by atoms with E-state index in [9.17, 15) is 0 Å². The van der Waals surface area contributed by atoms with Crippen molar-refractivity contribution in [2.45, 2.75) is 58.6 Å². The van der Waals surface area contributed by atoms with E-state index < -0.39 is 0 Å². The second-order valence-electron chi connectivity index (χ2n) is 8.12. The lowest BCUT2D eigenvalue weighted by molar-refractivity contribution is -0.0161. The van der Waals surface area contributed by atoms with Gasteiger partial charge in [0.05, 0.1) is 19.3 Å². The molecule has 2 saturated heterocycles. The molecule has 0 spiro atoms. The van der Waals surface area contributed by atoms with Gasteiger partial charge >= 0.3 is 0 Å². The molecule has 27 heavy (non-hydrogen) atoms. The first kappa shape index (κ1) is 24.9. The molecule has 0 bridgehead atoms. The minimum Gasteiger partial charge on any atom is -0.374 e. The minimum atomic E-state index is 0. The van der Waals surface area contributed by atoms with Crippen molar-refractivity contribution >= 4 is 29.9 Å². The van der Waals surface area contributed by atoms with Crippen LogP contribution in [-0.2, 0) is 4.74 Å². The van der Waals surface area contributed by atoms with E-state index >= 15 is 0 Å². The molecule has 0 radical (unpaired) electrons. The quantitative estimate of drug-likeness (QED) is 0.323. The molecule has 2 aliphatic heterocycles. The summed E-state index contributed by atoms with van der Waals surface area (Å²) in [6, 6.07) is 0.528. The molecule has 2 unspecified atom stereocenters.